The van der Waals surface area contributed by atoms with Gasteiger partial charge >= 0.3 is 6.18 Å². The van der Waals surface area contributed by atoms with Crippen LogP contribution >= 0.6 is 0 Å². The van der Waals surface area contributed by atoms with E-state index < -0.39 is 23.3 Å². The second kappa shape index (κ2) is 2.66. The Labute approximate surface area is 65.3 Å². The third-order valence-corrected chi connectivity index (χ3v) is 1.25. The highest BCUT2D eigenvalue weighted by molar-refractivity contribution is 5.29. The van der Waals surface area contributed by atoms with Crippen molar-refractivity contribution in [3.05, 3.63) is 29.6 Å². The summed E-state index contributed by atoms with van der Waals surface area (Å²) < 4.78 is 47.9. The van der Waals surface area contributed by atoms with Gasteiger partial charge in [0.15, 0.2) is 5.75 Å². The lowest BCUT2D eigenvalue weighted by Gasteiger charge is -2.06. The molecule has 5 heteroatoms. The molecule has 65 valence electrons. The second-order valence-electron chi connectivity index (χ2n) is 2.14. The summed E-state index contributed by atoms with van der Waals surface area (Å²) in [7, 11) is 0. The number of alkyl halides is 3. The van der Waals surface area contributed by atoms with Gasteiger partial charge in [-0.15, -0.1) is 0 Å². The first kappa shape index (κ1) is 8.83. The molecule has 1 nitrogen and oxygen atoms in total. The maximum atomic E-state index is 12.4. The molecule has 0 bridgehead atoms. The maximum Gasteiger partial charge on any atom is 0.419 e. The number of hydrogen-bond acceptors (Lipinski definition) is 0. The molecule has 1 radical (unpaired) electrons. The quantitative estimate of drug-likeness (QED) is 0.545. The predicted molar refractivity (Wildman–Crippen MR) is 31.5 cm³/mol. The SMILES string of the molecule is [O]c1ccc(C(F)(F)F)c(F)c1. The topological polar surface area (TPSA) is 19.9 Å². The van der Waals surface area contributed by atoms with E-state index in [4.69, 9.17) is 0 Å². The Kier molecular flexibility index (Phi) is 1.95. The van der Waals surface area contributed by atoms with E-state index in [1.807, 2.05) is 0 Å². The number of hydrogen-bond donors (Lipinski definition) is 0. The molecule has 1 aromatic carbocycles. The zero-order valence-corrected chi connectivity index (χ0v) is 5.65. The minimum Gasteiger partial charge on any atom is -0.290 e. The highest BCUT2D eigenvalue weighted by Gasteiger charge is 2.33. The van der Waals surface area contributed by atoms with Crippen LogP contribution in [-0.4, -0.2) is 0 Å². The largest absolute Gasteiger partial charge is 0.419 e. The van der Waals surface area contributed by atoms with Gasteiger partial charge in [-0.3, -0.25) is 5.11 Å². The summed E-state index contributed by atoms with van der Waals surface area (Å²) in [5.74, 6) is -2.31. The van der Waals surface area contributed by atoms with Crippen molar-refractivity contribution in [2.75, 3.05) is 0 Å². The molecule has 0 aliphatic rings. The van der Waals surface area contributed by atoms with Crippen LogP contribution in [0.3, 0.4) is 0 Å². The van der Waals surface area contributed by atoms with Gasteiger partial charge in [0, 0.05) is 6.07 Å². The van der Waals surface area contributed by atoms with Crippen molar-refractivity contribution in [2.45, 2.75) is 6.18 Å². The van der Waals surface area contributed by atoms with Crippen LogP contribution < -0.4 is 0 Å². The van der Waals surface area contributed by atoms with Gasteiger partial charge in [-0.2, -0.15) is 13.2 Å². The van der Waals surface area contributed by atoms with Crippen molar-refractivity contribution in [1.29, 1.82) is 0 Å². The molecule has 0 aliphatic carbocycles. The molecule has 0 N–H and O–H groups in total. The lowest BCUT2D eigenvalue weighted by Crippen LogP contribution is -2.07. The Hall–Kier alpha value is -1.26. The highest BCUT2D eigenvalue weighted by Crippen LogP contribution is 2.32. The third kappa shape index (κ3) is 1.66. The summed E-state index contributed by atoms with van der Waals surface area (Å²) in [5.41, 5.74) is -1.41. The van der Waals surface area contributed by atoms with Gasteiger partial charge in [-0.1, -0.05) is 0 Å². The van der Waals surface area contributed by atoms with Crippen LogP contribution in [0.5, 0.6) is 5.75 Å². The molecule has 0 spiro atoms. The lowest BCUT2D eigenvalue weighted by atomic mass is 10.2. The number of benzene rings is 1. The molecule has 0 aromatic heterocycles. The third-order valence-electron chi connectivity index (χ3n) is 1.25. The van der Waals surface area contributed by atoms with Gasteiger partial charge in [0.2, 0.25) is 0 Å². The summed E-state index contributed by atoms with van der Waals surface area (Å²) in [5, 5.41) is 10.4. The molecular weight excluding hydrogens is 176 g/mol. The van der Waals surface area contributed by atoms with Crippen LogP contribution in [0, 0.1) is 5.82 Å². The molecular formula is C7H3F4O. The van der Waals surface area contributed by atoms with Crippen LogP contribution in [0.2, 0.25) is 0 Å². The Morgan fingerprint density at radius 2 is 1.75 bits per heavy atom. The van der Waals surface area contributed by atoms with Gasteiger partial charge in [-0.05, 0) is 12.1 Å². The summed E-state index contributed by atoms with van der Waals surface area (Å²) in [4.78, 5) is 0. The van der Waals surface area contributed by atoms with Gasteiger partial charge in [0.05, 0.1) is 5.56 Å². The zero-order valence-electron chi connectivity index (χ0n) is 5.65. The molecule has 0 fully saturated rings. The molecule has 12 heavy (non-hydrogen) atoms. The van der Waals surface area contributed by atoms with Crippen molar-refractivity contribution < 1.29 is 22.7 Å². The van der Waals surface area contributed by atoms with E-state index in [9.17, 15) is 22.7 Å². The molecule has 0 saturated heterocycles. The Morgan fingerprint density at radius 1 is 1.17 bits per heavy atom. The summed E-state index contributed by atoms with van der Waals surface area (Å²) in [6.45, 7) is 0. The Morgan fingerprint density at radius 3 is 2.17 bits per heavy atom. The molecule has 0 saturated carbocycles. The molecule has 0 heterocycles. The maximum absolute atomic E-state index is 12.4. The minimum atomic E-state index is -4.74. The molecule has 0 amide bonds. The average Bonchev–Trinajstić information content (AvgIpc) is 1.83. The van der Waals surface area contributed by atoms with E-state index in [0.29, 0.717) is 18.2 Å². The normalized spacial score (nSPS) is 11.7. The van der Waals surface area contributed by atoms with Crippen LogP contribution in [0.15, 0.2) is 18.2 Å². The molecule has 1 rings (SSSR count). The first-order valence-electron chi connectivity index (χ1n) is 2.95. The standard InChI is InChI=1S/C7H3F4O/c8-6-3-4(12)1-2-5(6)7(9,10)11/h1-3H. The Bertz CT molecular complexity index is 292. The fourth-order valence-corrected chi connectivity index (χ4v) is 0.726. The smallest absolute Gasteiger partial charge is 0.290 e. The van der Waals surface area contributed by atoms with Crippen molar-refractivity contribution in [3.63, 3.8) is 0 Å². The lowest BCUT2D eigenvalue weighted by molar-refractivity contribution is -0.140. The van der Waals surface area contributed by atoms with Crippen molar-refractivity contribution >= 4 is 0 Å². The van der Waals surface area contributed by atoms with Gasteiger partial charge in [0.1, 0.15) is 5.82 Å². The van der Waals surface area contributed by atoms with E-state index in [-0.39, 0.29) is 0 Å². The second-order valence-corrected chi connectivity index (χ2v) is 2.14. The van der Waals surface area contributed by atoms with Crippen molar-refractivity contribution in [3.8, 4) is 5.75 Å². The highest BCUT2D eigenvalue weighted by atomic mass is 19.4. The molecule has 0 aliphatic heterocycles. The molecule has 1 aromatic rings. The average molecular weight is 179 g/mol. The van der Waals surface area contributed by atoms with E-state index in [1.54, 1.807) is 0 Å². The molecule has 0 atom stereocenters. The number of halogens is 4. The van der Waals surface area contributed by atoms with E-state index in [1.165, 1.54) is 0 Å². The predicted octanol–water partition coefficient (Wildman–Crippen LogP) is 2.99. The number of rotatable bonds is 0. The van der Waals surface area contributed by atoms with Crippen molar-refractivity contribution in [2.24, 2.45) is 0 Å². The fourth-order valence-electron chi connectivity index (χ4n) is 0.726. The van der Waals surface area contributed by atoms with E-state index >= 15 is 0 Å². The summed E-state index contributed by atoms with van der Waals surface area (Å²) in [6.07, 6.45) is -4.74. The van der Waals surface area contributed by atoms with Gasteiger partial charge < -0.3 is 0 Å². The van der Waals surface area contributed by atoms with Crippen LogP contribution in [0.1, 0.15) is 5.56 Å². The van der Waals surface area contributed by atoms with Crippen LogP contribution in [0.25, 0.3) is 0 Å². The van der Waals surface area contributed by atoms with Gasteiger partial charge in [0.25, 0.3) is 0 Å². The minimum absolute atomic E-state index is 0.308. The van der Waals surface area contributed by atoms with Crippen LogP contribution in [0.4, 0.5) is 17.6 Å². The van der Waals surface area contributed by atoms with Gasteiger partial charge in [-0.25, -0.2) is 4.39 Å². The van der Waals surface area contributed by atoms with Crippen LogP contribution in [-0.2, 0) is 11.3 Å². The van der Waals surface area contributed by atoms with Crippen molar-refractivity contribution in [1.82, 2.24) is 0 Å². The zero-order chi connectivity index (χ0) is 9.35. The fraction of sp³-hybridized carbons (Fsp3) is 0.143. The Balaban J connectivity index is 3.19. The van der Waals surface area contributed by atoms with E-state index in [0.717, 1.165) is 0 Å². The molecule has 0 unspecified atom stereocenters. The summed E-state index contributed by atoms with van der Waals surface area (Å²) in [6, 6.07) is 1.41. The first-order valence-corrected chi connectivity index (χ1v) is 2.95. The van der Waals surface area contributed by atoms with E-state index in [2.05, 4.69) is 0 Å². The monoisotopic (exact) mass is 179 g/mol. The first-order chi connectivity index (χ1) is 5.41. The summed E-state index contributed by atoms with van der Waals surface area (Å²) >= 11 is 0.